The van der Waals surface area contributed by atoms with Crippen molar-refractivity contribution in [2.24, 2.45) is 5.92 Å². The maximum Gasteiger partial charge on any atom is 0.0469 e. The zero-order valence-electron chi connectivity index (χ0n) is 9.55. The van der Waals surface area contributed by atoms with Gasteiger partial charge in [0.15, 0.2) is 0 Å². The SMILES string of the molecule is CN(CC1CCOCC1)C(C)(C)CCl. The molecular weight excluding hydrogens is 198 g/mol. The first kappa shape index (κ1) is 12.3. The molecule has 0 atom stereocenters. The van der Waals surface area contributed by atoms with Crippen LogP contribution < -0.4 is 0 Å². The summed E-state index contributed by atoms with van der Waals surface area (Å²) in [6.45, 7) is 7.39. The van der Waals surface area contributed by atoms with Gasteiger partial charge in [0.2, 0.25) is 0 Å². The molecule has 0 aromatic rings. The predicted molar refractivity (Wildman–Crippen MR) is 61.0 cm³/mol. The summed E-state index contributed by atoms with van der Waals surface area (Å²) >= 11 is 5.94. The third kappa shape index (κ3) is 3.41. The Hall–Kier alpha value is 0.210. The summed E-state index contributed by atoms with van der Waals surface area (Å²) in [5.74, 6) is 1.48. The van der Waals surface area contributed by atoms with Crippen LogP contribution in [0.4, 0.5) is 0 Å². The fourth-order valence-corrected chi connectivity index (χ4v) is 1.87. The minimum Gasteiger partial charge on any atom is -0.381 e. The van der Waals surface area contributed by atoms with E-state index in [1.165, 1.54) is 12.8 Å². The fourth-order valence-electron chi connectivity index (χ4n) is 1.67. The van der Waals surface area contributed by atoms with Crippen LogP contribution in [-0.4, -0.2) is 43.1 Å². The van der Waals surface area contributed by atoms with Gasteiger partial charge in [0.1, 0.15) is 0 Å². The highest BCUT2D eigenvalue weighted by Crippen LogP contribution is 2.21. The van der Waals surface area contributed by atoms with Crippen molar-refractivity contribution in [2.75, 3.05) is 32.7 Å². The normalized spacial score (nSPS) is 20.4. The average molecular weight is 220 g/mol. The molecule has 1 rings (SSSR count). The molecule has 0 saturated carbocycles. The van der Waals surface area contributed by atoms with Crippen LogP contribution in [0.2, 0.25) is 0 Å². The van der Waals surface area contributed by atoms with E-state index in [1.54, 1.807) is 0 Å². The number of rotatable bonds is 4. The summed E-state index contributed by atoms with van der Waals surface area (Å²) in [7, 11) is 2.16. The topological polar surface area (TPSA) is 12.5 Å². The summed E-state index contributed by atoms with van der Waals surface area (Å²) in [5, 5.41) is 0. The van der Waals surface area contributed by atoms with Crippen molar-refractivity contribution in [3.63, 3.8) is 0 Å². The number of halogens is 1. The summed E-state index contributed by atoms with van der Waals surface area (Å²) in [5.41, 5.74) is 0.111. The lowest BCUT2D eigenvalue weighted by atomic mass is 9.97. The highest BCUT2D eigenvalue weighted by molar-refractivity contribution is 6.18. The van der Waals surface area contributed by atoms with Crippen LogP contribution in [0.3, 0.4) is 0 Å². The van der Waals surface area contributed by atoms with E-state index < -0.39 is 0 Å². The Kier molecular flexibility index (Phi) is 4.68. The summed E-state index contributed by atoms with van der Waals surface area (Å²) in [6, 6.07) is 0. The first-order valence-electron chi connectivity index (χ1n) is 5.41. The molecule has 1 fully saturated rings. The quantitative estimate of drug-likeness (QED) is 0.674. The molecule has 0 unspecified atom stereocenters. The van der Waals surface area contributed by atoms with E-state index in [4.69, 9.17) is 16.3 Å². The van der Waals surface area contributed by atoms with E-state index in [0.717, 1.165) is 25.7 Å². The van der Waals surface area contributed by atoms with Crippen LogP contribution in [0.15, 0.2) is 0 Å². The molecule has 0 amide bonds. The van der Waals surface area contributed by atoms with Crippen LogP contribution in [0.25, 0.3) is 0 Å². The average Bonchev–Trinajstić information content (AvgIpc) is 2.19. The Morgan fingerprint density at radius 2 is 1.93 bits per heavy atom. The van der Waals surface area contributed by atoms with Crippen molar-refractivity contribution < 1.29 is 4.74 Å². The van der Waals surface area contributed by atoms with Gasteiger partial charge < -0.3 is 4.74 Å². The first-order chi connectivity index (χ1) is 6.56. The molecule has 84 valence electrons. The predicted octanol–water partition coefficient (Wildman–Crippen LogP) is 2.36. The van der Waals surface area contributed by atoms with Gasteiger partial charge in [0.05, 0.1) is 0 Å². The smallest absolute Gasteiger partial charge is 0.0469 e. The zero-order valence-corrected chi connectivity index (χ0v) is 10.3. The standard InChI is InChI=1S/C11H22ClNO/c1-11(2,9-12)13(3)8-10-4-6-14-7-5-10/h10H,4-9H2,1-3H3. The second-order valence-electron chi connectivity index (χ2n) is 4.88. The van der Waals surface area contributed by atoms with Gasteiger partial charge >= 0.3 is 0 Å². The van der Waals surface area contributed by atoms with Gasteiger partial charge in [-0.1, -0.05) is 0 Å². The highest BCUT2D eigenvalue weighted by Gasteiger charge is 2.25. The maximum absolute atomic E-state index is 5.94. The molecule has 0 aromatic carbocycles. The van der Waals surface area contributed by atoms with Crippen LogP contribution in [0.5, 0.6) is 0 Å². The molecule has 3 heteroatoms. The minimum atomic E-state index is 0.111. The van der Waals surface area contributed by atoms with Gasteiger partial charge in [-0.25, -0.2) is 0 Å². The van der Waals surface area contributed by atoms with E-state index in [9.17, 15) is 0 Å². The maximum atomic E-state index is 5.94. The number of hydrogen-bond acceptors (Lipinski definition) is 2. The molecule has 14 heavy (non-hydrogen) atoms. The largest absolute Gasteiger partial charge is 0.381 e. The number of nitrogens with zero attached hydrogens (tertiary/aromatic N) is 1. The van der Waals surface area contributed by atoms with Gasteiger partial charge in [0, 0.05) is 31.2 Å². The second-order valence-corrected chi connectivity index (χ2v) is 5.15. The molecule has 0 N–H and O–H groups in total. The Morgan fingerprint density at radius 1 is 1.36 bits per heavy atom. The lowest BCUT2D eigenvalue weighted by Gasteiger charge is -2.37. The highest BCUT2D eigenvalue weighted by atomic mass is 35.5. The second kappa shape index (κ2) is 5.34. The van der Waals surface area contributed by atoms with Gasteiger partial charge in [-0.15, -0.1) is 11.6 Å². The Labute approximate surface area is 92.6 Å². The van der Waals surface area contributed by atoms with Gasteiger partial charge in [-0.3, -0.25) is 4.90 Å². The van der Waals surface area contributed by atoms with Crippen molar-refractivity contribution in [3.8, 4) is 0 Å². The Bertz CT molecular complexity index is 167. The molecule has 0 aromatic heterocycles. The van der Waals surface area contributed by atoms with E-state index >= 15 is 0 Å². The molecule has 0 aliphatic carbocycles. The van der Waals surface area contributed by atoms with Crippen molar-refractivity contribution >= 4 is 11.6 Å². The van der Waals surface area contributed by atoms with Crippen molar-refractivity contribution in [1.82, 2.24) is 4.90 Å². The summed E-state index contributed by atoms with van der Waals surface area (Å²) in [6.07, 6.45) is 2.39. The van der Waals surface area contributed by atoms with E-state index in [0.29, 0.717) is 5.88 Å². The third-order valence-electron chi connectivity index (χ3n) is 3.23. The minimum absolute atomic E-state index is 0.111. The zero-order chi connectivity index (χ0) is 10.6. The Balaban J connectivity index is 2.34. The van der Waals surface area contributed by atoms with E-state index in [1.807, 2.05) is 0 Å². The lowest BCUT2D eigenvalue weighted by Crippen LogP contribution is -2.45. The molecule has 1 aliphatic heterocycles. The molecule has 0 radical (unpaired) electrons. The molecule has 1 aliphatic rings. The van der Waals surface area contributed by atoms with Crippen LogP contribution in [0, 0.1) is 5.92 Å². The number of ether oxygens (including phenoxy) is 1. The van der Waals surface area contributed by atoms with Crippen LogP contribution in [0.1, 0.15) is 26.7 Å². The molecular formula is C11H22ClNO. The fraction of sp³-hybridized carbons (Fsp3) is 1.00. The molecule has 2 nitrogen and oxygen atoms in total. The van der Waals surface area contributed by atoms with E-state index in [2.05, 4.69) is 25.8 Å². The van der Waals surface area contributed by atoms with Crippen molar-refractivity contribution in [2.45, 2.75) is 32.2 Å². The molecule has 1 heterocycles. The molecule has 0 bridgehead atoms. The molecule has 0 spiro atoms. The lowest BCUT2D eigenvalue weighted by molar-refractivity contribution is 0.0432. The third-order valence-corrected chi connectivity index (χ3v) is 3.89. The van der Waals surface area contributed by atoms with Gasteiger partial charge in [-0.2, -0.15) is 0 Å². The van der Waals surface area contributed by atoms with E-state index in [-0.39, 0.29) is 5.54 Å². The number of hydrogen-bond donors (Lipinski definition) is 0. The van der Waals surface area contributed by atoms with Crippen molar-refractivity contribution in [1.29, 1.82) is 0 Å². The summed E-state index contributed by atoms with van der Waals surface area (Å²) in [4.78, 5) is 2.37. The first-order valence-corrected chi connectivity index (χ1v) is 5.94. The van der Waals surface area contributed by atoms with Crippen molar-refractivity contribution in [3.05, 3.63) is 0 Å². The van der Waals surface area contributed by atoms with Crippen LogP contribution in [-0.2, 0) is 4.74 Å². The summed E-state index contributed by atoms with van der Waals surface area (Å²) < 4.78 is 5.35. The Morgan fingerprint density at radius 3 is 2.43 bits per heavy atom. The van der Waals surface area contributed by atoms with Gasteiger partial charge in [0.25, 0.3) is 0 Å². The van der Waals surface area contributed by atoms with Gasteiger partial charge in [-0.05, 0) is 39.7 Å². The monoisotopic (exact) mass is 219 g/mol. The van der Waals surface area contributed by atoms with Crippen LogP contribution >= 0.6 is 11.6 Å². The molecule has 1 saturated heterocycles. The number of alkyl halides is 1.